The molecule has 0 saturated carbocycles. The number of benzene rings is 5. The zero-order valence-electron chi connectivity index (χ0n) is 33.4. The highest BCUT2D eigenvalue weighted by atomic mass is 32.1. The predicted octanol–water partition coefficient (Wildman–Crippen LogP) is -0.780. The van der Waals surface area contributed by atoms with Crippen molar-refractivity contribution < 1.29 is 0 Å². The van der Waals surface area contributed by atoms with Crippen LogP contribution in [0.4, 0.5) is 0 Å². The molecule has 0 aliphatic heterocycles. The molecule has 0 amide bonds. The molecule has 6 aromatic carbocycles. The van der Waals surface area contributed by atoms with Crippen molar-refractivity contribution in [1.29, 1.82) is 0 Å². The molecule has 0 N–H and O–H groups in total. The van der Waals surface area contributed by atoms with Crippen molar-refractivity contribution in [3.63, 3.8) is 0 Å². The molecule has 1 aliphatic carbocycles. The first-order valence-electron chi connectivity index (χ1n) is 19.8. The number of rotatable bonds is 5. The number of aromatic nitrogens is 4. The molecular formula is C45H35B7N4S. The topological polar surface area (TPSA) is 43.6 Å². The fourth-order valence-corrected chi connectivity index (χ4v) is 10.5. The van der Waals surface area contributed by atoms with E-state index in [1.54, 1.807) is 0 Å². The third-order valence-electron chi connectivity index (χ3n) is 12.6. The summed E-state index contributed by atoms with van der Waals surface area (Å²) < 4.78 is 5.03. The Kier molecular flexibility index (Phi) is 8.50. The highest BCUT2D eigenvalue weighted by Crippen LogP contribution is 2.38. The Balaban J connectivity index is 1.15. The van der Waals surface area contributed by atoms with Crippen molar-refractivity contribution in [2.45, 2.75) is 12.8 Å². The Morgan fingerprint density at radius 2 is 1.19 bits per heavy atom. The van der Waals surface area contributed by atoms with E-state index >= 15 is 0 Å². The first-order valence-corrected chi connectivity index (χ1v) is 20.6. The van der Waals surface area contributed by atoms with E-state index in [0.717, 1.165) is 46.3 Å². The SMILES string of the molecule is Bc1c(B)c(B)c2c(sc3c(-c4nc(-c5c#cc(-c6ccccc6-n6c7c(c8ccccc86)C=CCC7)cc5)nc(-c5ccccc5)n4)c(B)c(B)c(B)c32)c1B. The zero-order chi connectivity index (χ0) is 39.1. The fourth-order valence-electron chi connectivity index (χ4n) is 8.94. The number of para-hydroxylation sites is 2. The van der Waals surface area contributed by atoms with Gasteiger partial charge in [-0.1, -0.05) is 118 Å². The molecule has 57 heavy (non-hydrogen) atoms. The van der Waals surface area contributed by atoms with Crippen LogP contribution in [0.3, 0.4) is 0 Å². The van der Waals surface area contributed by atoms with Gasteiger partial charge in [-0.15, -0.1) is 22.3 Å². The number of allylic oxidation sites excluding steroid dienone is 1. The number of nitrogens with zero attached hydrogens (tertiary/aromatic N) is 4. The highest BCUT2D eigenvalue weighted by molar-refractivity contribution is 7.28. The van der Waals surface area contributed by atoms with Crippen LogP contribution in [-0.4, -0.2) is 74.4 Å². The van der Waals surface area contributed by atoms with E-state index in [0.29, 0.717) is 17.5 Å². The second-order valence-electron chi connectivity index (χ2n) is 15.5. The van der Waals surface area contributed by atoms with Crippen LogP contribution in [-0.2, 0) is 6.42 Å². The van der Waals surface area contributed by atoms with Gasteiger partial charge in [-0.25, -0.2) is 15.0 Å². The van der Waals surface area contributed by atoms with Crippen molar-refractivity contribution in [2.75, 3.05) is 0 Å². The molecule has 1 aliphatic rings. The third-order valence-corrected chi connectivity index (χ3v) is 13.9. The van der Waals surface area contributed by atoms with E-state index in [1.165, 1.54) is 80.6 Å². The molecule has 0 atom stereocenters. The quantitative estimate of drug-likeness (QED) is 0.218. The largest absolute Gasteiger partial charge is 0.312 e. The van der Waals surface area contributed by atoms with Crippen LogP contribution in [0.5, 0.6) is 0 Å². The van der Waals surface area contributed by atoms with Crippen LogP contribution in [0, 0.1) is 12.1 Å². The molecule has 0 bridgehead atoms. The summed E-state index contributed by atoms with van der Waals surface area (Å²) in [6.45, 7) is 0. The van der Waals surface area contributed by atoms with Crippen LogP contribution < -0.4 is 38.2 Å². The minimum atomic E-state index is 0.582. The maximum Gasteiger partial charge on any atom is 0.172 e. The monoisotopic (exact) mass is 740 g/mol. The van der Waals surface area contributed by atoms with Gasteiger partial charge in [-0.3, -0.25) is 0 Å². The van der Waals surface area contributed by atoms with E-state index in [1.807, 2.05) is 29.5 Å². The normalized spacial score (nSPS) is 12.4. The number of hydrogen-bond acceptors (Lipinski definition) is 4. The molecule has 0 fully saturated rings. The second kappa shape index (κ2) is 13.6. The molecule has 0 radical (unpaired) electrons. The average molecular weight is 740 g/mol. The van der Waals surface area contributed by atoms with Gasteiger partial charge in [-0.05, 0) is 47.9 Å². The van der Waals surface area contributed by atoms with Gasteiger partial charge in [0.1, 0.15) is 54.9 Å². The molecule has 262 valence electrons. The summed E-state index contributed by atoms with van der Waals surface area (Å²) >= 11 is 1.88. The number of thiophene rings is 1. The summed E-state index contributed by atoms with van der Waals surface area (Å²) in [6, 6.07) is 38.9. The van der Waals surface area contributed by atoms with Crippen molar-refractivity contribution in [1.82, 2.24) is 19.5 Å². The molecule has 3 aromatic heterocycles. The second-order valence-corrected chi connectivity index (χ2v) is 16.5. The standard InChI is InChI=1S/C45H35B7N4S/c46-34-31-32-35(47)38(50)39(51)40(52)42(32)57-41(31)33(36(48)37(34)49)45-54-43(23-10-2-1-3-11-23)53-44(55-45)24-20-18-22(19-21-24)25-12-4-7-15-28(25)56-29-16-8-5-13-26(29)27-14-6-9-17-30(27)56/h1-8,10-16,18,20H,9,17,46-52H2. The zero-order valence-corrected chi connectivity index (χ0v) is 34.2. The molecule has 4 nitrogen and oxygen atoms in total. The molecular weight excluding hydrogens is 704 g/mol. The summed E-state index contributed by atoms with van der Waals surface area (Å²) in [5.41, 5.74) is 19.1. The van der Waals surface area contributed by atoms with Crippen LogP contribution in [0.15, 0.2) is 97.1 Å². The molecule has 0 saturated heterocycles. The summed E-state index contributed by atoms with van der Waals surface area (Å²) in [5.74, 6) is 1.90. The van der Waals surface area contributed by atoms with Crippen molar-refractivity contribution >= 4 is 142 Å². The summed E-state index contributed by atoms with van der Waals surface area (Å²) in [5, 5.41) is 3.96. The summed E-state index contributed by atoms with van der Waals surface area (Å²) in [7, 11) is 15.8. The molecule has 9 aromatic rings. The lowest BCUT2D eigenvalue weighted by Crippen LogP contribution is -2.47. The molecule has 0 spiro atoms. The van der Waals surface area contributed by atoms with E-state index in [2.05, 4.69) is 157 Å². The maximum atomic E-state index is 5.30. The van der Waals surface area contributed by atoms with Crippen LogP contribution in [0.25, 0.3) is 88.1 Å². The van der Waals surface area contributed by atoms with Gasteiger partial charge in [0.25, 0.3) is 0 Å². The fraction of sp³-hybridized carbons (Fsp3) is 0.0444. The van der Waals surface area contributed by atoms with Gasteiger partial charge >= 0.3 is 0 Å². The van der Waals surface area contributed by atoms with E-state index < -0.39 is 0 Å². The smallest absolute Gasteiger partial charge is 0.172 e. The van der Waals surface area contributed by atoms with Gasteiger partial charge in [0.15, 0.2) is 17.5 Å². The third kappa shape index (κ3) is 5.51. The first kappa shape index (κ1) is 35.5. The Morgan fingerprint density at radius 1 is 0.561 bits per heavy atom. The van der Waals surface area contributed by atoms with Gasteiger partial charge in [-0.2, -0.15) is 0 Å². The average Bonchev–Trinajstić information content (AvgIpc) is 3.81. The van der Waals surface area contributed by atoms with E-state index in [9.17, 15) is 0 Å². The lowest BCUT2D eigenvalue weighted by molar-refractivity contribution is 0.889. The van der Waals surface area contributed by atoms with Crippen molar-refractivity contribution in [3.05, 3.63) is 120 Å². The molecule has 3 heterocycles. The van der Waals surface area contributed by atoms with Gasteiger partial charge in [0.05, 0.1) is 16.8 Å². The number of fused-ring (bicyclic) bond motifs is 6. The predicted molar refractivity (Wildman–Crippen MR) is 264 cm³/mol. The van der Waals surface area contributed by atoms with E-state index in [4.69, 9.17) is 15.0 Å². The lowest BCUT2D eigenvalue weighted by Gasteiger charge is -2.17. The Morgan fingerprint density at radius 3 is 1.98 bits per heavy atom. The number of hydrogen-bond donors (Lipinski definition) is 0. The Bertz CT molecular complexity index is 3150. The van der Waals surface area contributed by atoms with Crippen LogP contribution >= 0.6 is 11.3 Å². The maximum absolute atomic E-state index is 5.30. The molecule has 12 heteroatoms. The Labute approximate surface area is 343 Å². The van der Waals surface area contributed by atoms with Crippen molar-refractivity contribution in [2.24, 2.45) is 0 Å². The first-order chi connectivity index (χ1) is 27.7. The highest BCUT2D eigenvalue weighted by Gasteiger charge is 2.24. The molecule has 10 rings (SSSR count). The van der Waals surface area contributed by atoms with Gasteiger partial charge in [0.2, 0.25) is 0 Å². The summed E-state index contributed by atoms with van der Waals surface area (Å²) in [6.07, 6.45) is 6.62. The van der Waals surface area contributed by atoms with Crippen molar-refractivity contribution in [3.8, 4) is 51.0 Å². The minimum absolute atomic E-state index is 0.582. The minimum Gasteiger partial charge on any atom is -0.312 e. The van der Waals surface area contributed by atoms with Crippen LogP contribution in [0.2, 0.25) is 0 Å². The van der Waals surface area contributed by atoms with E-state index in [-0.39, 0.29) is 0 Å². The lowest BCUT2D eigenvalue weighted by atomic mass is 9.64. The summed E-state index contributed by atoms with van der Waals surface area (Å²) in [4.78, 5) is 15.7. The van der Waals surface area contributed by atoms with Gasteiger partial charge in [0, 0.05) is 48.3 Å². The van der Waals surface area contributed by atoms with Crippen LogP contribution in [0.1, 0.15) is 17.7 Å². The molecule has 0 unspecified atom stereocenters. The van der Waals surface area contributed by atoms with Gasteiger partial charge < -0.3 is 4.57 Å². The Hall–Kier alpha value is -5.90.